The van der Waals surface area contributed by atoms with Crippen LogP contribution in [0, 0.1) is 16.7 Å². The molecule has 2 rings (SSSR count). The van der Waals surface area contributed by atoms with Gasteiger partial charge in [0.25, 0.3) is 0 Å². The number of hydrogen-bond acceptors (Lipinski definition) is 2. The highest BCUT2D eigenvalue weighted by Crippen LogP contribution is 2.63. The maximum atomic E-state index is 12.3. The minimum Gasteiger partial charge on any atom is -0.355 e. The fourth-order valence-electron chi connectivity index (χ4n) is 3.60. The Hall–Kier alpha value is -0.860. The van der Waals surface area contributed by atoms with Crippen LogP contribution in [-0.4, -0.2) is 18.2 Å². The zero-order valence-corrected chi connectivity index (χ0v) is 10.4. The molecular weight excluding hydrogens is 202 g/mol. The van der Waals surface area contributed by atoms with E-state index in [1.807, 2.05) is 6.92 Å². The maximum Gasteiger partial charge on any atom is 0.234 e. The monoisotopic (exact) mass is 223 g/mol. The molecule has 3 nitrogen and oxygen atoms in total. The average Bonchev–Trinajstić information content (AvgIpc) is 2.59. The van der Waals surface area contributed by atoms with Crippen LogP contribution in [-0.2, 0) is 9.59 Å². The Bertz CT molecular complexity index is 335. The van der Waals surface area contributed by atoms with Gasteiger partial charge in [-0.1, -0.05) is 20.8 Å². The fraction of sp³-hybridized carbons (Fsp3) is 0.846. The molecule has 16 heavy (non-hydrogen) atoms. The first-order valence-corrected chi connectivity index (χ1v) is 6.28. The molecule has 0 aromatic carbocycles. The van der Waals surface area contributed by atoms with Gasteiger partial charge in [0.2, 0.25) is 5.91 Å². The van der Waals surface area contributed by atoms with Gasteiger partial charge in [-0.25, -0.2) is 0 Å². The molecule has 0 heterocycles. The Labute approximate surface area is 97.0 Å². The summed E-state index contributed by atoms with van der Waals surface area (Å²) in [7, 11) is 0. The first-order valence-electron chi connectivity index (χ1n) is 6.28. The Morgan fingerprint density at radius 1 is 1.50 bits per heavy atom. The van der Waals surface area contributed by atoms with Gasteiger partial charge in [-0.05, 0) is 30.6 Å². The molecule has 1 amide bonds. The predicted octanol–water partition coefficient (Wildman–Crippen LogP) is 1.91. The molecule has 2 unspecified atom stereocenters. The third-order valence-corrected chi connectivity index (χ3v) is 4.82. The normalized spacial score (nSPS) is 35.4. The molecule has 2 aliphatic carbocycles. The molecule has 0 spiro atoms. The van der Waals surface area contributed by atoms with Gasteiger partial charge in [-0.2, -0.15) is 0 Å². The minimum atomic E-state index is -0.715. The van der Waals surface area contributed by atoms with Gasteiger partial charge in [0, 0.05) is 13.0 Å². The second-order valence-electron chi connectivity index (χ2n) is 5.75. The van der Waals surface area contributed by atoms with Crippen molar-refractivity contribution in [2.75, 3.05) is 6.54 Å². The van der Waals surface area contributed by atoms with Crippen molar-refractivity contribution in [1.29, 1.82) is 0 Å². The lowest BCUT2D eigenvalue weighted by molar-refractivity contribution is -0.144. The van der Waals surface area contributed by atoms with Crippen molar-refractivity contribution in [3.8, 4) is 0 Å². The molecule has 2 fully saturated rings. The number of rotatable bonds is 3. The summed E-state index contributed by atoms with van der Waals surface area (Å²) in [5.74, 6) is 0.555. The van der Waals surface area contributed by atoms with Crippen molar-refractivity contribution in [3.05, 3.63) is 0 Å². The molecule has 0 radical (unpaired) electrons. The lowest BCUT2D eigenvalue weighted by Gasteiger charge is -2.34. The number of carbonyl (C=O) groups is 2. The van der Waals surface area contributed by atoms with Crippen LogP contribution >= 0.6 is 0 Å². The van der Waals surface area contributed by atoms with E-state index in [2.05, 4.69) is 19.2 Å². The maximum absolute atomic E-state index is 12.3. The predicted molar refractivity (Wildman–Crippen MR) is 61.9 cm³/mol. The van der Waals surface area contributed by atoms with E-state index in [1.165, 1.54) is 0 Å². The van der Waals surface area contributed by atoms with E-state index in [0.717, 1.165) is 19.3 Å². The zero-order valence-electron chi connectivity index (χ0n) is 10.4. The third kappa shape index (κ3) is 1.20. The highest BCUT2D eigenvalue weighted by Gasteiger charge is 2.67. The number of fused-ring (bicyclic) bond motifs is 2. The molecule has 0 aromatic heterocycles. The lowest BCUT2D eigenvalue weighted by atomic mass is 9.68. The number of hydrogen-bond donors (Lipinski definition) is 1. The van der Waals surface area contributed by atoms with Crippen LogP contribution in [0.15, 0.2) is 0 Å². The summed E-state index contributed by atoms with van der Waals surface area (Å²) >= 11 is 0. The first-order chi connectivity index (χ1) is 7.46. The Kier molecular flexibility index (Phi) is 2.59. The Balaban J connectivity index is 2.28. The van der Waals surface area contributed by atoms with Crippen molar-refractivity contribution >= 4 is 11.7 Å². The molecule has 0 saturated heterocycles. The SMILES string of the molecule is CCCNC(=O)C12CCC(CC1=O)C2(C)C. The fourth-order valence-corrected chi connectivity index (χ4v) is 3.60. The summed E-state index contributed by atoms with van der Waals surface area (Å²) in [6, 6.07) is 0. The quantitative estimate of drug-likeness (QED) is 0.743. The smallest absolute Gasteiger partial charge is 0.234 e. The molecule has 3 heteroatoms. The highest BCUT2D eigenvalue weighted by molar-refractivity contribution is 6.09. The van der Waals surface area contributed by atoms with Crippen molar-refractivity contribution in [2.45, 2.75) is 46.5 Å². The van der Waals surface area contributed by atoms with Gasteiger partial charge in [-0.15, -0.1) is 0 Å². The van der Waals surface area contributed by atoms with Crippen LogP contribution in [0.5, 0.6) is 0 Å². The summed E-state index contributed by atoms with van der Waals surface area (Å²) < 4.78 is 0. The van der Waals surface area contributed by atoms with Crippen LogP contribution in [0.3, 0.4) is 0 Å². The van der Waals surface area contributed by atoms with Crippen LogP contribution in [0.2, 0.25) is 0 Å². The van der Waals surface area contributed by atoms with Crippen molar-refractivity contribution < 1.29 is 9.59 Å². The molecular formula is C13H21NO2. The molecule has 0 aliphatic heterocycles. The summed E-state index contributed by atoms with van der Waals surface area (Å²) in [6.45, 7) is 6.87. The van der Waals surface area contributed by atoms with Crippen LogP contribution < -0.4 is 5.32 Å². The van der Waals surface area contributed by atoms with E-state index in [0.29, 0.717) is 18.9 Å². The molecule has 2 atom stereocenters. The number of ketones is 1. The summed E-state index contributed by atoms with van der Waals surface area (Å²) in [5.41, 5.74) is -0.866. The Morgan fingerprint density at radius 3 is 2.62 bits per heavy atom. The standard InChI is InChI=1S/C13H21NO2/c1-4-7-14-11(16)13-6-5-9(8-10(13)15)12(13,2)3/h9H,4-8H2,1-3H3,(H,14,16). The van der Waals surface area contributed by atoms with Crippen molar-refractivity contribution in [3.63, 3.8) is 0 Å². The molecule has 1 N–H and O–H groups in total. The number of nitrogens with one attached hydrogen (secondary N) is 1. The number of Topliss-reactive ketones (excluding diaryl/α,β-unsaturated/α-hetero) is 1. The van der Waals surface area contributed by atoms with Gasteiger partial charge in [0.1, 0.15) is 11.2 Å². The van der Waals surface area contributed by atoms with Crippen LogP contribution in [0.1, 0.15) is 46.5 Å². The highest BCUT2D eigenvalue weighted by atomic mass is 16.2. The third-order valence-electron chi connectivity index (χ3n) is 4.82. The van der Waals surface area contributed by atoms with E-state index in [-0.39, 0.29) is 17.1 Å². The van der Waals surface area contributed by atoms with Gasteiger partial charge >= 0.3 is 0 Å². The van der Waals surface area contributed by atoms with E-state index in [1.54, 1.807) is 0 Å². The summed E-state index contributed by atoms with van der Waals surface area (Å²) in [6.07, 6.45) is 3.30. The molecule has 2 saturated carbocycles. The molecule has 2 aliphatic rings. The molecule has 90 valence electrons. The van der Waals surface area contributed by atoms with Gasteiger partial charge in [0.15, 0.2) is 0 Å². The Morgan fingerprint density at radius 2 is 2.19 bits per heavy atom. The first kappa shape index (κ1) is 11.6. The number of carbonyl (C=O) groups excluding carboxylic acids is 2. The second-order valence-corrected chi connectivity index (χ2v) is 5.75. The average molecular weight is 223 g/mol. The van der Waals surface area contributed by atoms with Gasteiger partial charge < -0.3 is 5.32 Å². The van der Waals surface area contributed by atoms with Crippen LogP contribution in [0.25, 0.3) is 0 Å². The topological polar surface area (TPSA) is 46.2 Å². The largest absolute Gasteiger partial charge is 0.355 e. The van der Waals surface area contributed by atoms with Crippen molar-refractivity contribution in [1.82, 2.24) is 5.32 Å². The van der Waals surface area contributed by atoms with Crippen molar-refractivity contribution in [2.24, 2.45) is 16.7 Å². The second kappa shape index (κ2) is 3.57. The van der Waals surface area contributed by atoms with E-state index in [4.69, 9.17) is 0 Å². The zero-order chi connectivity index (χ0) is 12.0. The summed E-state index contributed by atoms with van der Waals surface area (Å²) in [5, 5.41) is 2.92. The molecule has 0 aromatic rings. The molecule has 2 bridgehead atoms. The minimum absolute atomic E-state index is 0.0237. The lowest BCUT2D eigenvalue weighted by Crippen LogP contribution is -2.49. The van der Waals surface area contributed by atoms with E-state index < -0.39 is 5.41 Å². The van der Waals surface area contributed by atoms with Crippen LogP contribution in [0.4, 0.5) is 0 Å². The van der Waals surface area contributed by atoms with E-state index in [9.17, 15) is 9.59 Å². The summed E-state index contributed by atoms with van der Waals surface area (Å²) in [4.78, 5) is 24.4. The van der Waals surface area contributed by atoms with Gasteiger partial charge in [0.05, 0.1) is 0 Å². The van der Waals surface area contributed by atoms with E-state index >= 15 is 0 Å². The van der Waals surface area contributed by atoms with Gasteiger partial charge in [-0.3, -0.25) is 9.59 Å². The number of amides is 1.